The lowest BCUT2D eigenvalue weighted by atomic mass is 10.0. The van der Waals surface area contributed by atoms with Gasteiger partial charge in [0.2, 0.25) is 5.91 Å². The zero-order valence-corrected chi connectivity index (χ0v) is 15.5. The van der Waals surface area contributed by atoms with Gasteiger partial charge in [0.15, 0.2) is 0 Å². The van der Waals surface area contributed by atoms with Crippen molar-refractivity contribution in [1.29, 1.82) is 0 Å². The van der Waals surface area contributed by atoms with Crippen molar-refractivity contribution in [3.8, 4) is 0 Å². The van der Waals surface area contributed by atoms with Gasteiger partial charge in [-0.05, 0) is 46.0 Å². The van der Waals surface area contributed by atoms with Crippen molar-refractivity contribution in [3.05, 3.63) is 0 Å². The van der Waals surface area contributed by atoms with Crippen LogP contribution in [0.15, 0.2) is 0 Å². The number of nitrogens with one attached hydrogen (secondary N) is 1. The van der Waals surface area contributed by atoms with Gasteiger partial charge in [-0.1, -0.05) is 13.8 Å². The number of nitrogens with zero attached hydrogens (tertiary/aromatic N) is 1. The summed E-state index contributed by atoms with van der Waals surface area (Å²) in [5.41, 5.74) is -0.635. The number of alkyl carbamates (subject to hydrolysis) is 1. The van der Waals surface area contributed by atoms with E-state index < -0.39 is 29.7 Å². The third kappa shape index (κ3) is 5.69. The minimum Gasteiger partial charge on any atom is -0.467 e. The Hall–Kier alpha value is -1.79. The van der Waals surface area contributed by atoms with E-state index in [2.05, 4.69) is 5.32 Å². The van der Waals surface area contributed by atoms with Gasteiger partial charge in [-0.3, -0.25) is 4.79 Å². The maximum absolute atomic E-state index is 12.9. The Kier molecular flexibility index (Phi) is 7.05. The Morgan fingerprint density at radius 1 is 1.25 bits per heavy atom. The van der Waals surface area contributed by atoms with Crippen LogP contribution in [-0.4, -0.2) is 54.2 Å². The monoisotopic (exact) mass is 342 g/mol. The molecule has 0 unspecified atom stereocenters. The van der Waals surface area contributed by atoms with E-state index in [-0.39, 0.29) is 11.8 Å². The molecule has 0 spiro atoms. The lowest BCUT2D eigenvalue weighted by molar-refractivity contribution is -0.155. The summed E-state index contributed by atoms with van der Waals surface area (Å²) in [6.45, 7) is 9.51. The van der Waals surface area contributed by atoms with Gasteiger partial charge in [0.1, 0.15) is 17.7 Å². The molecule has 1 aliphatic rings. The minimum atomic E-state index is -0.687. The molecule has 0 bridgehead atoms. The average molecular weight is 342 g/mol. The first-order valence-electron chi connectivity index (χ1n) is 8.44. The zero-order valence-electron chi connectivity index (χ0n) is 15.5. The van der Waals surface area contributed by atoms with Gasteiger partial charge in [-0.15, -0.1) is 0 Å². The summed E-state index contributed by atoms with van der Waals surface area (Å²) < 4.78 is 10.1. The van der Waals surface area contributed by atoms with Crippen LogP contribution < -0.4 is 5.32 Å². The van der Waals surface area contributed by atoms with Gasteiger partial charge in [-0.2, -0.15) is 0 Å². The predicted molar refractivity (Wildman–Crippen MR) is 89.4 cm³/mol. The summed E-state index contributed by atoms with van der Waals surface area (Å²) in [6.07, 6.45) is 1.47. The minimum absolute atomic E-state index is 0.0818. The highest BCUT2D eigenvalue weighted by molar-refractivity contribution is 5.90. The SMILES string of the molecule is COC(=O)[C@H](C(C)C)N1CCCC[C@@H](NC(=O)OC(C)(C)C)C1=O. The number of amides is 2. The van der Waals surface area contributed by atoms with Crippen molar-refractivity contribution < 1.29 is 23.9 Å². The molecule has 24 heavy (non-hydrogen) atoms. The van der Waals surface area contributed by atoms with Gasteiger partial charge in [-0.25, -0.2) is 9.59 Å². The van der Waals surface area contributed by atoms with Crippen LogP contribution in [0.2, 0.25) is 0 Å². The van der Waals surface area contributed by atoms with Crippen molar-refractivity contribution in [3.63, 3.8) is 0 Å². The molecule has 0 aromatic heterocycles. The van der Waals surface area contributed by atoms with Gasteiger partial charge >= 0.3 is 12.1 Å². The van der Waals surface area contributed by atoms with Crippen molar-refractivity contribution in [1.82, 2.24) is 10.2 Å². The second-order valence-electron chi connectivity index (χ2n) is 7.44. The standard InChI is InChI=1S/C17H30N2O5/c1-11(2)13(15(21)23-6)19-10-8-7-9-12(14(19)20)18-16(22)24-17(3,4)5/h11-13H,7-10H2,1-6H3,(H,18,22)/t12-,13+/m1/s1. The van der Waals surface area contributed by atoms with Crippen LogP contribution in [0.25, 0.3) is 0 Å². The molecule has 1 saturated heterocycles. The van der Waals surface area contributed by atoms with Crippen LogP contribution >= 0.6 is 0 Å². The fourth-order valence-electron chi connectivity index (χ4n) is 2.80. The molecule has 0 radical (unpaired) electrons. The molecule has 1 N–H and O–H groups in total. The zero-order chi connectivity index (χ0) is 18.5. The molecule has 2 atom stereocenters. The first-order chi connectivity index (χ1) is 11.1. The predicted octanol–water partition coefficient (Wildman–Crippen LogP) is 2.09. The molecule has 1 aliphatic heterocycles. The van der Waals surface area contributed by atoms with Crippen molar-refractivity contribution in [2.45, 2.75) is 71.6 Å². The maximum Gasteiger partial charge on any atom is 0.408 e. The lowest BCUT2D eigenvalue weighted by Crippen LogP contribution is -2.55. The molecule has 2 amide bonds. The van der Waals surface area contributed by atoms with E-state index in [1.807, 2.05) is 13.8 Å². The Bertz CT molecular complexity index is 470. The molecule has 0 aliphatic carbocycles. The molecule has 0 aromatic rings. The Labute approximate surface area is 144 Å². The number of ether oxygens (including phenoxy) is 2. The van der Waals surface area contributed by atoms with Crippen molar-refractivity contribution in [2.75, 3.05) is 13.7 Å². The highest BCUT2D eigenvalue weighted by Crippen LogP contribution is 2.20. The van der Waals surface area contributed by atoms with E-state index >= 15 is 0 Å². The Morgan fingerprint density at radius 3 is 2.38 bits per heavy atom. The molecule has 7 heteroatoms. The van der Waals surface area contributed by atoms with Crippen LogP contribution in [0.4, 0.5) is 4.79 Å². The van der Waals surface area contributed by atoms with Gasteiger partial charge in [0, 0.05) is 6.54 Å². The van der Waals surface area contributed by atoms with Gasteiger partial charge in [0.25, 0.3) is 0 Å². The topological polar surface area (TPSA) is 84.9 Å². The largest absolute Gasteiger partial charge is 0.467 e. The highest BCUT2D eigenvalue weighted by Gasteiger charge is 2.38. The Morgan fingerprint density at radius 2 is 1.88 bits per heavy atom. The molecule has 1 heterocycles. The Balaban J connectivity index is 2.91. The molecule has 1 fully saturated rings. The van der Waals surface area contributed by atoms with E-state index in [0.717, 1.165) is 12.8 Å². The summed E-state index contributed by atoms with van der Waals surface area (Å²) in [5, 5.41) is 2.64. The summed E-state index contributed by atoms with van der Waals surface area (Å²) in [4.78, 5) is 38.5. The summed E-state index contributed by atoms with van der Waals surface area (Å²) >= 11 is 0. The number of carbonyl (C=O) groups excluding carboxylic acids is 3. The van der Waals surface area contributed by atoms with Crippen LogP contribution in [0, 0.1) is 5.92 Å². The van der Waals surface area contributed by atoms with Crippen LogP contribution in [0.5, 0.6) is 0 Å². The van der Waals surface area contributed by atoms with E-state index in [0.29, 0.717) is 13.0 Å². The summed E-state index contributed by atoms with van der Waals surface area (Å²) in [5.74, 6) is -0.777. The third-order valence-electron chi connectivity index (χ3n) is 3.82. The number of hydrogen-bond donors (Lipinski definition) is 1. The fourth-order valence-corrected chi connectivity index (χ4v) is 2.80. The average Bonchev–Trinajstić information content (AvgIpc) is 2.60. The fraction of sp³-hybridized carbons (Fsp3) is 0.824. The van der Waals surface area contributed by atoms with Crippen molar-refractivity contribution in [2.24, 2.45) is 5.92 Å². The molecule has 7 nitrogen and oxygen atoms in total. The number of hydrogen-bond acceptors (Lipinski definition) is 5. The molecule has 1 rings (SSSR count). The van der Waals surface area contributed by atoms with Crippen LogP contribution in [0.1, 0.15) is 53.9 Å². The highest BCUT2D eigenvalue weighted by atomic mass is 16.6. The van der Waals surface area contributed by atoms with Crippen LogP contribution in [0.3, 0.4) is 0 Å². The van der Waals surface area contributed by atoms with E-state index in [9.17, 15) is 14.4 Å². The number of likely N-dealkylation sites (tertiary alicyclic amines) is 1. The first kappa shape index (κ1) is 20.3. The van der Waals surface area contributed by atoms with Crippen LogP contribution in [-0.2, 0) is 19.1 Å². The van der Waals surface area contributed by atoms with Gasteiger partial charge < -0.3 is 19.7 Å². The van der Waals surface area contributed by atoms with Crippen molar-refractivity contribution >= 4 is 18.0 Å². The quantitative estimate of drug-likeness (QED) is 0.791. The number of esters is 1. The second-order valence-corrected chi connectivity index (χ2v) is 7.44. The molecule has 0 saturated carbocycles. The van der Waals surface area contributed by atoms with Gasteiger partial charge in [0.05, 0.1) is 7.11 Å². The second kappa shape index (κ2) is 8.35. The molecule has 0 aromatic carbocycles. The van der Waals surface area contributed by atoms with E-state index in [4.69, 9.17) is 9.47 Å². The number of rotatable bonds is 4. The number of methoxy groups -OCH3 is 1. The molecule has 138 valence electrons. The molecular formula is C17H30N2O5. The maximum atomic E-state index is 12.9. The summed E-state index contributed by atoms with van der Waals surface area (Å²) in [7, 11) is 1.32. The normalized spacial score (nSPS) is 20.4. The van der Waals surface area contributed by atoms with E-state index in [1.54, 1.807) is 20.8 Å². The first-order valence-corrected chi connectivity index (χ1v) is 8.44. The summed E-state index contributed by atoms with van der Waals surface area (Å²) in [6, 6.07) is -1.34. The van der Waals surface area contributed by atoms with E-state index in [1.165, 1.54) is 12.0 Å². The third-order valence-corrected chi connectivity index (χ3v) is 3.82. The lowest BCUT2D eigenvalue weighted by Gasteiger charge is -2.33. The number of carbonyl (C=O) groups is 3. The molecular weight excluding hydrogens is 312 g/mol. The smallest absolute Gasteiger partial charge is 0.408 e.